The highest BCUT2D eigenvalue weighted by Gasteiger charge is 2.14. The van der Waals surface area contributed by atoms with Crippen LogP contribution in [-0.2, 0) is 22.6 Å². The Morgan fingerprint density at radius 3 is 2.43 bits per heavy atom. The number of benzene rings is 2. The Morgan fingerprint density at radius 1 is 1.10 bits per heavy atom. The van der Waals surface area contributed by atoms with E-state index in [1.54, 1.807) is 12.1 Å². The highest BCUT2D eigenvalue weighted by atomic mass is 16.5. The normalized spacial score (nSPS) is 10.6. The van der Waals surface area contributed by atoms with Gasteiger partial charge < -0.3 is 19.2 Å². The van der Waals surface area contributed by atoms with E-state index in [9.17, 15) is 9.59 Å². The van der Waals surface area contributed by atoms with Gasteiger partial charge in [-0.05, 0) is 36.8 Å². The molecular weight excluding hydrogens is 384 g/mol. The second-order valence-corrected chi connectivity index (χ2v) is 6.90. The molecule has 3 rings (SSSR count). The molecule has 0 aliphatic rings. The Labute approximate surface area is 174 Å². The molecule has 30 heavy (non-hydrogen) atoms. The Balaban J connectivity index is 1.54. The van der Waals surface area contributed by atoms with Gasteiger partial charge in [0.05, 0.1) is 12.3 Å². The number of hydrogen-bond donors (Lipinski definition) is 1. The lowest BCUT2D eigenvalue weighted by molar-refractivity contribution is -0.144. The highest BCUT2D eigenvalue weighted by Crippen LogP contribution is 2.22. The number of carbonyl (C=O) groups is 2. The van der Waals surface area contributed by atoms with Gasteiger partial charge in [-0.2, -0.15) is 0 Å². The lowest BCUT2D eigenvalue weighted by Gasteiger charge is -2.18. The van der Waals surface area contributed by atoms with E-state index < -0.39 is 5.97 Å². The molecule has 1 amide bonds. The van der Waals surface area contributed by atoms with E-state index in [0.717, 1.165) is 22.6 Å². The minimum atomic E-state index is -1.04. The fourth-order valence-electron chi connectivity index (χ4n) is 2.98. The lowest BCUT2D eigenvalue weighted by Crippen LogP contribution is -2.33. The van der Waals surface area contributed by atoms with Gasteiger partial charge in [0.15, 0.2) is 0 Å². The first-order valence-electron chi connectivity index (χ1n) is 9.63. The first kappa shape index (κ1) is 21.1. The molecule has 0 atom stereocenters. The van der Waals surface area contributed by atoms with Crippen molar-refractivity contribution in [3.05, 3.63) is 71.6 Å². The van der Waals surface area contributed by atoms with Crippen LogP contribution in [-0.4, -0.2) is 40.0 Å². The average Bonchev–Trinajstić information content (AvgIpc) is 3.10. The number of oxazole rings is 1. The topological polar surface area (TPSA) is 92.9 Å². The molecule has 0 spiro atoms. The van der Waals surface area contributed by atoms with Crippen molar-refractivity contribution in [2.24, 2.45) is 0 Å². The number of aromatic nitrogens is 1. The van der Waals surface area contributed by atoms with Gasteiger partial charge in [-0.1, -0.05) is 30.3 Å². The van der Waals surface area contributed by atoms with Crippen molar-refractivity contribution in [1.29, 1.82) is 0 Å². The van der Waals surface area contributed by atoms with Crippen LogP contribution in [0.4, 0.5) is 0 Å². The number of ether oxygens (including phenoxy) is 1. The van der Waals surface area contributed by atoms with Crippen LogP contribution in [0, 0.1) is 6.92 Å². The predicted octanol–water partition coefficient (Wildman–Crippen LogP) is 3.70. The third-order valence-electron chi connectivity index (χ3n) is 4.59. The van der Waals surface area contributed by atoms with Crippen LogP contribution in [0.25, 0.3) is 11.5 Å². The van der Waals surface area contributed by atoms with Crippen LogP contribution in [0.3, 0.4) is 0 Å². The van der Waals surface area contributed by atoms with Crippen molar-refractivity contribution in [1.82, 2.24) is 9.88 Å². The van der Waals surface area contributed by atoms with Gasteiger partial charge in [-0.25, -0.2) is 4.98 Å². The zero-order chi connectivity index (χ0) is 21.5. The zero-order valence-corrected chi connectivity index (χ0v) is 17.0. The predicted molar refractivity (Wildman–Crippen MR) is 111 cm³/mol. The Bertz CT molecular complexity index is 996. The summed E-state index contributed by atoms with van der Waals surface area (Å²) < 4.78 is 11.6. The van der Waals surface area contributed by atoms with Gasteiger partial charge in [-0.3, -0.25) is 9.59 Å². The molecule has 0 saturated heterocycles. The summed E-state index contributed by atoms with van der Waals surface area (Å²) in [6.45, 7) is 3.61. The maximum atomic E-state index is 11.6. The number of carbonyl (C=O) groups excluding carboxylic acids is 1. The SMILES string of the molecule is CC(=O)N(CC(=O)O)Cc1ccc(OCCc2nc(-c3ccccc3)oc2C)cc1. The standard InChI is InChI=1S/C23H24N2O5/c1-16-21(24-23(30-16)19-6-4-3-5-7-19)12-13-29-20-10-8-18(9-11-20)14-25(17(2)26)15-22(27)28/h3-11H,12-15H2,1-2H3,(H,27,28). The molecule has 0 saturated carbocycles. The Kier molecular flexibility index (Phi) is 6.85. The Hall–Kier alpha value is -3.61. The summed E-state index contributed by atoms with van der Waals surface area (Å²) in [5.41, 5.74) is 2.63. The van der Waals surface area contributed by atoms with E-state index in [-0.39, 0.29) is 19.0 Å². The molecule has 0 aliphatic heterocycles. The van der Waals surface area contributed by atoms with Crippen molar-refractivity contribution >= 4 is 11.9 Å². The molecule has 3 aromatic rings. The molecule has 0 aliphatic carbocycles. The summed E-state index contributed by atoms with van der Waals surface area (Å²) in [6, 6.07) is 17.0. The fourth-order valence-corrected chi connectivity index (χ4v) is 2.98. The largest absolute Gasteiger partial charge is 0.493 e. The minimum absolute atomic E-state index is 0.238. The third-order valence-corrected chi connectivity index (χ3v) is 4.59. The van der Waals surface area contributed by atoms with Gasteiger partial charge in [0.2, 0.25) is 11.8 Å². The maximum absolute atomic E-state index is 11.6. The van der Waals surface area contributed by atoms with E-state index in [0.29, 0.717) is 24.7 Å². The maximum Gasteiger partial charge on any atom is 0.323 e. The van der Waals surface area contributed by atoms with Crippen LogP contribution in [0.1, 0.15) is 23.9 Å². The van der Waals surface area contributed by atoms with E-state index in [4.69, 9.17) is 14.3 Å². The number of hydrogen-bond acceptors (Lipinski definition) is 5. The van der Waals surface area contributed by atoms with E-state index in [2.05, 4.69) is 4.98 Å². The number of carboxylic acids is 1. The molecule has 0 bridgehead atoms. The first-order valence-corrected chi connectivity index (χ1v) is 9.63. The van der Waals surface area contributed by atoms with Crippen molar-refractivity contribution in [2.45, 2.75) is 26.8 Å². The summed E-state index contributed by atoms with van der Waals surface area (Å²) in [6.07, 6.45) is 0.612. The zero-order valence-electron chi connectivity index (χ0n) is 17.0. The van der Waals surface area contributed by atoms with Crippen molar-refractivity contribution in [3.63, 3.8) is 0 Å². The molecule has 1 N–H and O–H groups in total. The number of amides is 1. The van der Waals surface area contributed by atoms with Crippen LogP contribution < -0.4 is 4.74 Å². The number of aliphatic carboxylic acids is 1. The molecule has 0 unspecified atom stereocenters. The minimum Gasteiger partial charge on any atom is -0.493 e. The summed E-state index contributed by atoms with van der Waals surface area (Å²) in [5.74, 6) is 0.745. The lowest BCUT2D eigenvalue weighted by atomic mass is 10.2. The molecule has 7 heteroatoms. The number of nitrogens with zero attached hydrogens (tertiary/aromatic N) is 2. The number of aryl methyl sites for hydroxylation is 1. The molecule has 156 valence electrons. The highest BCUT2D eigenvalue weighted by molar-refractivity contribution is 5.79. The van der Waals surface area contributed by atoms with Gasteiger partial charge in [0.25, 0.3) is 0 Å². The fraction of sp³-hybridized carbons (Fsp3) is 0.261. The van der Waals surface area contributed by atoms with E-state index in [1.807, 2.05) is 49.4 Å². The quantitative estimate of drug-likeness (QED) is 0.580. The van der Waals surface area contributed by atoms with Crippen LogP contribution >= 0.6 is 0 Å². The summed E-state index contributed by atoms with van der Waals surface area (Å²) in [5, 5.41) is 8.91. The van der Waals surface area contributed by atoms with Crippen LogP contribution in [0.5, 0.6) is 5.75 Å². The van der Waals surface area contributed by atoms with Gasteiger partial charge >= 0.3 is 5.97 Å². The van der Waals surface area contributed by atoms with Crippen molar-refractivity contribution in [2.75, 3.05) is 13.2 Å². The first-order chi connectivity index (χ1) is 14.4. The Morgan fingerprint density at radius 2 is 1.80 bits per heavy atom. The van der Waals surface area contributed by atoms with Crippen LogP contribution in [0.2, 0.25) is 0 Å². The summed E-state index contributed by atoms with van der Waals surface area (Å²) >= 11 is 0. The van der Waals surface area contributed by atoms with E-state index in [1.165, 1.54) is 11.8 Å². The van der Waals surface area contributed by atoms with Gasteiger partial charge in [-0.15, -0.1) is 0 Å². The second-order valence-electron chi connectivity index (χ2n) is 6.90. The molecule has 0 fully saturated rings. The smallest absolute Gasteiger partial charge is 0.323 e. The molecule has 1 heterocycles. The number of carboxylic acid groups (broad SMARTS) is 1. The summed E-state index contributed by atoms with van der Waals surface area (Å²) in [7, 11) is 0. The van der Waals surface area contributed by atoms with E-state index >= 15 is 0 Å². The van der Waals surface area contributed by atoms with Gasteiger partial charge in [0, 0.05) is 25.5 Å². The molecule has 7 nitrogen and oxygen atoms in total. The molecule has 0 radical (unpaired) electrons. The second kappa shape index (κ2) is 9.73. The van der Waals surface area contributed by atoms with Crippen molar-refractivity contribution < 1.29 is 23.8 Å². The summed E-state index contributed by atoms with van der Waals surface area (Å²) in [4.78, 5) is 28.3. The van der Waals surface area contributed by atoms with Gasteiger partial charge in [0.1, 0.15) is 18.1 Å². The third kappa shape index (κ3) is 5.70. The van der Waals surface area contributed by atoms with Crippen LogP contribution in [0.15, 0.2) is 59.0 Å². The monoisotopic (exact) mass is 408 g/mol. The molecular formula is C23H24N2O5. The average molecular weight is 408 g/mol. The van der Waals surface area contributed by atoms with Crippen molar-refractivity contribution in [3.8, 4) is 17.2 Å². The molecule has 2 aromatic carbocycles. The number of rotatable bonds is 9. The molecule has 1 aromatic heterocycles.